The van der Waals surface area contributed by atoms with Crippen molar-refractivity contribution < 1.29 is 0 Å². The standard InChI is InChI=1S/C13H19BrN2/c1-13(10-15(2)7-8-16(13)3)11-5-4-6-12(14)9-11/h4-6,9H,7-8,10H2,1-3H3. The minimum absolute atomic E-state index is 0.122. The summed E-state index contributed by atoms with van der Waals surface area (Å²) in [5.74, 6) is 0. The smallest absolute Gasteiger partial charge is 0.0558 e. The summed E-state index contributed by atoms with van der Waals surface area (Å²) in [5.41, 5.74) is 1.51. The molecule has 1 aromatic rings. The molecule has 2 nitrogen and oxygen atoms in total. The van der Waals surface area contributed by atoms with Crippen LogP contribution >= 0.6 is 15.9 Å². The fraction of sp³-hybridized carbons (Fsp3) is 0.538. The fourth-order valence-corrected chi connectivity index (χ4v) is 2.83. The molecule has 1 aliphatic heterocycles. The van der Waals surface area contributed by atoms with Gasteiger partial charge in [-0.05, 0) is 38.7 Å². The van der Waals surface area contributed by atoms with Gasteiger partial charge < -0.3 is 4.90 Å². The summed E-state index contributed by atoms with van der Waals surface area (Å²) in [4.78, 5) is 4.86. The molecule has 0 radical (unpaired) electrons. The van der Waals surface area contributed by atoms with Crippen LogP contribution in [0.3, 0.4) is 0 Å². The molecule has 0 saturated carbocycles. The van der Waals surface area contributed by atoms with E-state index in [0.29, 0.717) is 0 Å². The first-order valence-electron chi connectivity index (χ1n) is 5.68. The molecule has 1 atom stereocenters. The molecule has 3 heteroatoms. The van der Waals surface area contributed by atoms with Gasteiger partial charge in [0, 0.05) is 24.1 Å². The van der Waals surface area contributed by atoms with Crippen molar-refractivity contribution in [1.29, 1.82) is 0 Å². The van der Waals surface area contributed by atoms with Crippen LogP contribution in [0, 0.1) is 0 Å². The van der Waals surface area contributed by atoms with Crippen LogP contribution in [0.25, 0.3) is 0 Å². The number of hydrogen-bond acceptors (Lipinski definition) is 2. The molecule has 1 fully saturated rings. The molecule has 0 aliphatic carbocycles. The van der Waals surface area contributed by atoms with Gasteiger partial charge in [-0.15, -0.1) is 0 Å². The van der Waals surface area contributed by atoms with Crippen LogP contribution in [0.2, 0.25) is 0 Å². The molecule has 1 aromatic carbocycles. The normalized spacial score (nSPS) is 28.2. The first kappa shape index (κ1) is 12.1. The number of likely N-dealkylation sites (N-methyl/N-ethyl adjacent to an activating group) is 2. The largest absolute Gasteiger partial charge is 0.303 e. The summed E-state index contributed by atoms with van der Waals surface area (Å²) in [7, 11) is 4.41. The van der Waals surface area contributed by atoms with Crippen LogP contribution in [0.4, 0.5) is 0 Å². The minimum Gasteiger partial charge on any atom is -0.303 e. The van der Waals surface area contributed by atoms with Crippen LogP contribution in [0.1, 0.15) is 12.5 Å². The lowest BCUT2D eigenvalue weighted by molar-refractivity contribution is 0.0379. The third-order valence-corrected chi connectivity index (χ3v) is 4.18. The van der Waals surface area contributed by atoms with Crippen LogP contribution in [-0.2, 0) is 5.54 Å². The maximum absolute atomic E-state index is 3.56. The van der Waals surface area contributed by atoms with Crippen molar-refractivity contribution in [2.75, 3.05) is 33.7 Å². The minimum atomic E-state index is 0.122. The Balaban J connectivity index is 2.35. The van der Waals surface area contributed by atoms with E-state index in [4.69, 9.17) is 0 Å². The molecule has 1 aliphatic rings. The summed E-state index contributed by atoms with van der Waals surface area (Å²) in [6.45, 7) is 5.68. The van der Waals surface area contributed by atoms with E-state index in [0.717, 1.165) is 24.1 Å². The molecule has 1 heterocycles. The van der Waals surface area contributed by atoms with Gasteiger partial charge in [-0.1, -0.05) is 28.1 Å². The van der Waals surface area contributed by atoms with Gasteiger partial charge in [0.25, 0.3) is 0 Å². The maximum atomic E-state index is 3.56. The van der Waals surface area contributed by atoms with Crippen molar-refractivity contribution in [3.8, 4) is 0 Å². The average Bonchev–Trinajstić information content (AvgIpc) is 2.24. The van der Waals surface area contributed by atoms with E-state index in [9.17, 15) is 0 Å². The van der Waals surface area contributed by atoms with E-state index in [-0.39, 0.29) is 5.54 Å². The number of rotatable bonds is 1. The Kier molecular flexibility index (Phi) is 3.38. The molecule has 0 aromatic heterocycles. The molecular formula is C13H19BrN2. The average molecular weight is 283 g/mol. The predicted octanol–water partition coefficient (Wildman–Crippen LogP) is 2.54. The summed E-state index contributed by atoms with van der Waals surface area (Å²) in [6, 6.07) is 8.66. The lowest BCUT2D eigenvalue weighted by Gasteiger charge is -2.46. The summed E-state index contributed by atoms with van der Waals surface area (Å²) in [6.07, 6.45) is 0. The topological polar surface area (TPSA) is 6.48 Å². The number of halogens is 1. The zero-order valence-electron chi connectivity index (χ0n) is 10.2. The number of hydrogen-bond donors (Lipinski definition) is 0. The highest BCUT2D eigenvalue weighted by molar-refractivity contribution is 9.10. The fourth-order valence-electron chi connectivity index (χ4n) is 2.43. The summed E-state index contributed by atoms with van der Waals surface area (Å²) in [5, 5.41) is 0. The quantitative estimate of drug-likeness (QED) is 0.781. The predicted molar refractivity (Wildman–Crippen MR) is 71.6 cm³/mol. The second-order valence-electron chi connectivity index (χ2n) is 4.94. The summed E-state index contributed by atoms with van der Waals surface area (Å²) >= 11 is 3.56. The lowest BCUT2D eigenvalue weighted by atomic mass is 9.88. The molecule has 0 amide bonds. The Morgan fingerprint density at radius 1 is 1.25 bits per heavy atom. The van der Waals surface area contributed by atoms with Gasteiger partial charge >= 0.3 is 0 Å². The van der Waals surface area contributed by atoms with Crippen LogP contribution in [0.5, 0.6) is 0 Å². The Morgan fingerprint density at radius 3 is 2.69 bits per heavy atom. The van der Waals surface area contributed by atoms with Gasteiger partial charge in [0.1, 0.15) is 0 Å². The van der Waals surface area contributed by atoms with Crippen LogP contribution in [-0.4, -0.2) is 43.5 Å². The zero-order valence-corrected chi connectivity index (χ0v) is 11.8. The summed E-state index contributed by atoms with van der Waals surface area (Å²) < 4.78 is 1.16. The molecule has 88 valence electrons. The Labute approximate surface area is 106 Å². The number of piperazine rings is 1. The van der Waals surface area contributed by atoms with E-state index in [1.807, 2.05) is 0 Å². The lowest BCUT2D eigenvalue weighted by Crippen LogP contribution is -2.56. The van der Waals surface area contributed by atoms with Gasteiger partial charge in [0.05, 0.1) is 5.54 Å². The Bertz CT molecular complexity index is 380. The monoisotopic (exact) mass is 282 g/mol. The third-order valence-electron chi connectivity index (χ3n) is 3.68. The van der Waals surface area contributed by atoms with E-state index in [1.54, 1.807) is 0 Å². The first-order chi connectivity index (χ1) is 7.52. The molecule has 0 spiro atoms. The number of nitrogens with zero attached hydrogens (tertiary/aromatic N) is 2. The van der Waals surface area contributed by atoms with Crippen molar-refractivity contribution in [2.24, 2.45) is 0 Å². The molecule has 0 bridgehead atoms. The second kappa shape index (κ2) is 4.47. The van der Waals surface area contributed by atoms with Gasteiger partial charge in [0.15, 0.2) is 0 Å². The molecule has 0 N–H and O–H groups in total. The van der Waals surface area contributed by atoms with Crippen molar-refractivity contribution in [3.05, 3.63) is 34.3 Å². The van der Waals surface area contributed by atoms with Gasteiger partial charge in [-0.3, -0.25) is 4.90 Å². The third kappa shape index (κ3) is 2.17. The van der Waals surface area contributed by atoms with Crippen molar-refractivity contribution in [2.45, 2.75) is 12.5 Å². The molecule has 2 rings (SSSR count). The highest BCUT2D eigenvalue weighted by atomic mass is 79.9. The SMILES string of the molecule is CN1CCN(C)C(C)(c2cccc(Br)c2)C1. The van der Waals surface area contributed by atoms with Crippen molar-refractivity contribution in [3.63, 3.8) is 0 Å². The van der Waals surface area contributed by atoms with Crippen molar-refractivity contribution in [1.82, 2.24) is 9.80 Å². The number of benzene rings is 1. The molecule has 1 saturated heterocycles. The van der Waals surface area contributed by atoms with Crippen LogP contribution in [0.15, 0.2) is 28.7 Å². The van der Waals surface area contributed by atoms with E-state index in [1.165, 1.54) is 5.56 Å². The van der Waals surface area contributed by atoms with E-state index < -0.39 is 0 Å². The molecule has 1 unspecified atom stereocenters. The molecular weight excluding hydrogens is 264 g/mol. The molecule has 16 heavy (non-hydrogen) atoms. The first-order valence-corrected chi connectivity index (χ1v) is 6.47. The van der Waals surface area contributed by atoms with Crippen molar-refractivity contribution >= 4 is 15.9 Å². The van der Waals surface area contributed by atoms with Gasteiger partial charge in [-0.2, -0.15) is 0 Å². The maximum Gasteiger partial charge on any atom is 0.0558 e. The van der Waals surface area contributed by atoms with E-state index >= 15 is 0 Å². The highest BCUT2D eigenvalue weighted by Crippen LogP contribution is 2.31. The van der Waals surface area contributed by atoms with E-state index in [2.05, 4.69) is 71.0 Å². The van der Waals surface area contributed by atoms with Gasteiger partial charge in [-0.25, -0.2) is 0 Å². The Morgan fingerprint density at radius 2 is 2.00 bits per heavy atom. The van der Waals surface area contributed by atoms with Crippen LogP contribution < -0.4 is 0 Å². The second-order valence-corrected chi connectivity index (χ2v) is 5.86. The van der Waals surface area contributed by atoms with Gasteiger partial charge in [0.2, 0.25) is 0 Å². The Hall–Kier alpha value is -0.380. The highest BCUT2D eigenvalue weighted by Gasteiger charge is 2.35. The zero-order chi connectivity index (χ0) is 11.8.